The van der Waals surface area contributed by atoms with Crippen LogP contribution in [0.2, 0.25) is 10.0 Å². The minimum Gasteiger partial charge on any atom is -0.457 e. The Balaban J connectivity index is 1.31. The van der Waals surface area contributed by atoms with E-state index in [4.69, 9.17) is 32.7 Å². The third kappa shape index (κ3) is 10.9. The molecule has 326 valence electrons. The van der Waals surface area contributed by atoms with Crippen molar-refractivity contribution in [2.24, 2.45) is 13.0 Å². The Hall–Kier alpha value is -5.02. The van der Waals surface area contributed by atoms with Gasteiger partial charge in [-0.05, 0) is 101 Å². The molecular weight excluding hydrogens is 824 g/mol. The van der Waals surface area contributed by atoms with Crippen molar-refractivity contribution < 1.29 is 33.0 Å². The van der Waals surface area contributed by atoms with E-state index in [2.05, 4.69) is 15.6 Å². The van der Waals surface area contributed by atoms with E-state index in [0.29, 0.717) is 49.5 Å². The highest BCUT2D eigenvalue weighted by molar-refractivity contribution is 6.31. The van der Waals surface area contributed by atoms with Gasteiger partial charge in [0.05, 0.1) is 37.1 Å². The lowest BCUT2D eigenvalue weighted by Crippen LogP contribution is -2.65. The number of aromatic nitrogens is 2. The molecule has 16 heteroatoms. The number of piperidine rings is 1. The molecule has 2 aliphatic rings. The fourth-order valence-corrected chi connectivity index (χ4v) is 8.45. The minimum absolute atomic E-state index is 0.0314. The van der Waals surface area contributed by atoms with Crippen LogP contribution in [0, 0.1) is 11.7 Å². The summed E-state index contributed by atoms with van der Waals surface area (Å²) in [5.41, 5.74) is 1.79. The van der Waals surface area contributed by atoms with Crippen molar-refractivity contribution >= 4 is 46.8 Å². The van der Waals surface area contributed by atoms with E-state index in [1.165, 1.54) is 25.0 Å². The molecule has 2 N–H and O–H groups in total. The first-order chi connectivity index (χ1) is 29.1. The Morgan fingerprint density at radius 2 is 1.72 bits per heavy atom. The second kappa shape index (κ2) is 19.8. The molecule has 0 radical (unpaired) electrons. The fourth-order valence-electron chi connectivity index (χ4n) is 8.13. The fraction of sp³-hybridized carbons (Fsp3) is 0.444. The number of benzene rings is 3. The number of carbonyl (C=O) groups excluding carboxylic acids is 4. The van der Waals surface area contributed by atoms with Crippen molar-refractivity contribution in [2.75, 3.05) is 40.9 Å². The Morgan fingerprint density at radius 3 is 2.39 bits per heavy atom. The Bertz CT molecular complexity index is 2220. The van der Waals surface area contributed by atoms with Crippen molar-refractivity contribution in [1.82, 2.24) is 34.9 Å². The zero-order valence-corrected chi connectivity index (χ0v) is 37.0. The first-order valence-electron chi connectivity index (χ1n) is 20.5. The number of nitrogens with zero attached hydrogens (tertiary/aromatic N) is 5. The molecule has 0 unspecified atom stereocenters. The third-order valence-electron chi connectivity index (χ3n) is 11.5. The second-order valence-electron chi connectivity index (χ2n) is 16.3. The first kappa shape index (κ1) is 45.5. The maximum Gasteiger partial charge on any atom is 0.245 e. The SMILES string of the molecule is CC[C@@H]1CC(=O)N(Cc2c(F)cc(Cl)cc2Oc2ccc(-c3cnc(CN(C)C)n3C)cc2)[C@@H](C)C(=O)N[C@@H](COC)C(=O)N[C@@]2(Cc3ccc(Cl)cc3)CCCN(C2)C1=O. The molecule has 4 atom stereocenters. The Morgan fingerprint density at radius 1 is 1.00 bits per heavy atom. The number of hydrogen-bond donors (Lipinski definition) is 2. The van der Waals surface area contributed by atoms with Crippen LogP contribution in [0.25, 0.3) is 11.3 Å². The summed E-state index contributed by atoms with van der Waals surface area (Å²) in [6.45, 7) is 4.05. The zero-order chi connectivity index (χ0) is 44.0. The predicted octanol–water partition coefficient (Wildman–Crippen LogP) is 6.39. The number of imidazole rings is 1. The number of nitrogens with one attached hydrogen (secondary N) is 2. The molecule has 2 aliphatic heterocycles. The lowest BCUT2D eigenvalue weighted by Gasteiger charge is -2.45. The molecule has 4 amide bonds. The van der Waals surface area contributed by atoms with Crippen molar-refractivity contribution in [3.63, 3.8) is 0 Å². The summed E-state index contributed by atoms with van der Waals surface area (Å²) >= 11 is 12.5. The van der Waals surface area contributed by atoms with Crippen molar-refractivity contribution in [2.45, 2.75) is 76.7 Å². The van der Waals surface area contributed by atoms with Crippen LogP contribution >= 0.6 is 23.2 Å². The molecule has 0 saturated carbocycles. The zero-order valence-electron chi connectivity index (χ0n) is 35.5. The van der Waals surface area contributed by atoms with Gasteiger partial charge in [0.1, 0.15) is 35.2 Å². The molecule has 6 rings (SSSR count). The molecule has 3 heterocycles. The van der Waals surface area contributed by atoms with E-state index in [1.54, 1.807) is 35.4 Å². The second-order valence-corrected chi connectivity index (χ2v) is 17.2. The van der Waals surface area contributed by atoms with Gasteiger partial charge in [-0.15, -0.1) is 0 Å². The van der Waals surface area contributed by atoms with E-state index < -0.39 is 53.6 Å². The van der Waals surface area contributed by atoms with Gasteiger partial charge in [-0.25, -0.2) is 9.37 Å². The van der Waals surface area contributed by atoms with Gasteiger partial charge in [0.2, 0.25) is 23.6 Å². The Kier molecular flexibility index (Phi) is 14.8. The van der Waals surface area contributed by atoms with Gasteiger partial charge in [0.15, 0.2) is 0 Å². The standard InChI is InChI=1S/C45H54Cl2FN7O6/c1-7-30-19-41(56)55(24-35-36(48)20-33(47)21-39(35)61-34-15-11-31(12-16-34)38-23-49-40(53(38)5)25-52(3)4)28(2)42(57)50-37(26-60-6)43(58)51-45(17-8-18-54(27-45)44(30)59)22-29-9-13-32(46)14-10-29/h9-16,20-21,23,28,30,37H,7-8,17-19,22,24-27H2,1-6H3,(H,50,57)(H,51,58)/t28-,30+,37-,45+/m0/s1. The van der Waals surface area contributed by atoms with Gasteiger partial charge >= 0.3 is 0 Å². The van der Waals surface area contributed by atoms with E-state index in [9.17, 15) is 19.2 Å². The van der Waals surface area contributed by atoms with Gasteiger partial charge in [0, 0.05) is 60.8 Å². The highest BCUT2D eigenvalue weighted by atomic mass is 35.5. The van der Waals surface area contributed by atoms with E-state index in [-0.39, 0.29) is 41.8 Å². The highest BCUT2D eigenvalue weighted by Crippen LogP contribution is 2.35. The van der Waals surface area contributed by atoms with Gasteiger partial charge in [0.25, 0.3) is 0 Å². The van der Waals surface area contributed by atoms with Crippen LogP contribution < -0.4 is 15.4 Å². The molecule has 1 aromatic heterocycles. The van der Waals surface area contributed by atoms with Crippen LogP contribution in [0.1, 0.15) is 56.5 Å². The van der Waals surface area contributed by atoms with Gasteiger partial charge in [-0.2, -0.15) is 0 Å². The molecule has 0 aliphatic carbocycles. The largest absolute Gasteiger partial charge is 0.457 e. The molecule has 13 nitrogen and oxygen atoms in total. The summed E-state index contributed by atoms with van der Waals surface area (Å²) in [7, 11) is 7.31. The lowest BCUT2D eigenvalue weighted by atomic mass is 9.82. The number of methoxy groups -OCH3 is 1. The quantitative estimate of drug-likeness (QED) is 0.167. The van der Waals surface area contributed by atoms with E-state index >= 15 is 4.39 Å². The van der Waals surface area contributed by atoms with E-state index in [1.807, 2.05) is 61.8 Å². The molecule has 61 heavy (non-hydrogen) atoms. The number of halogens is 3. The van der Waals surface area contributed by atoms with Crippen molar-refractivity contribution in [3.05, 3.63) is 99.7 Å². The number of fused-ring (bicyclic) bond motifs is 2. The predicted molar refractivity (Wildman–Crippen MR) is 232 cm³/mol. The van der Waals surface area contributed by atoms with Crippen LogP contribution in [0.4, 0.5) is 4.39 Å². The molecule has 0 spiro atoms. The summed E-state index contributed by atoms with van der Waals surface area (Å²) in [5, 5.41) is 6.63. The maximum atomic E-state index is 16.1. The summed E-state index contributed by atoms with van der Waals surface area (Å²) < 4.78 is 29.8. The van der Waals surface area contributed by atoms with Crippen LogP contribution in [0.15, 0.2) is 66.9 Å². The van der Waals surface area contributed by atoms with Crippen LogP contribution in [0.3, 0.4) is 0 Å². The summed E-state index contributed by atoms with van der Waals surface area (Å²) in [6, 6.07) is 14.7. The van der Waals surface area contributed by atoms with Crippen LogP contribution in [0.5, 0.6) is 11.5 Å². The molecule has 2 fully saturated rings. The van der Waals surface area contributed by atoms with Crippen molar-refractivity contribution in [1.29, 1.82) is 0 Å². The smallest absolute Gasteiger partial charge is 0.245 e. The number of hydrogen-bond acceptors (Lipinski definition) is 8. The topological polar surface area (TPSA) is 138 Å². The Labute approximate surface area is 366 Å². The number of ether oxygens (including phenoxy) is 2. The molecular formula is C45H54Cl2FN7O6. The first-order valence-corrected chi connectivity index (χ1v) is 21.2. The summed E-state index contributed by atoms with van der Waals surface area (Å²) in [4.78, 5) is 66.7. The number of amides is 4. The van der Waals surface area contributed by atoms with Crippen LogP contribution in [-0.4, -0.2) is 106 Å². The minimum atomic E-state index is -1.23. The molecule has 2 saturated heterocycles. The third-order valence-corrected chi connectivity index (χ3v) is 12.0. The molecule has 2 bridgehead atoms. The summed E-state index contributed by atoms with van der Waals surface area (Å²) in [6.07, 6.45) is 3.46. The molecule has 3 aromatic carbocycles. The number of carbonyl (C=O) groups is 4. The van der Waals surface area contributed by atoms with Crippen LogP contribution in [-0.2, 0) is 50.5 Å². The normalized spacial score (nSPS) is 21.6. The highest BCUT2D eigenvalue weighted by Gasteiger charge is 2.43. The average Bonchev–Trinajstić information content (AvgIpc) is 3.58. The summed E-state index contributed by atoms with van der Waals surface area (Å²) in [5.74, 6) is -2.16. The maximum absolute atomic E-state index is 16.1. The monoisotopic (exact) mass is 877 g/mol. The van der Waals surface area contributed by atoms with Gasteiger partial charge in [-0.3, -0.25) is 19.2 Å². The van der Waals surface area contributed by atoms with Gasteiger partial charge < -0.3 is 39.4 Å². The van der Waals surface area contributed by atoms with Gasteiger partial charge in [-0.1, -0.05) is 42.3 Å². The average molecular weight is 879 g/mol. The lowest BCUT2D eigenvalue weighted by molar-refractivity contribution is -0.148. The molecule has 4 aromatic rings. The number of rotatable bonds is 12. The van der Waals surface area contributed by atoms with E-state index in [0.717, 1.165) is 28.7 Å². The van der Waals surface area contributed by atoms with Crippen molar-refractivity contribution in [3.8, 4) is 22.8 Å².